The number of amides is 2. The number of carboxylic acid groups (broad SMARTS) is 2. The molecule has 1 aromatic carbocycles. The van der Waals surface area contributed by atoms with E-state index in [-0.39, 0.29) is 30.2 Å². The molecule has 2 aliphatic rings. The molecule has 0 radical (unpaired) electrons. The number of aliphatic carboxylic acids is 2. The minimum Gasteiger partial charge on any atom is -0.481 e. The lowest BCUT2D eigenvalue weighted by Crippen LogP contribution is -2.52. The zero-order chi connectivity index (χ0) is 24.8. The molecular formula is C19H20N8O7. The fraction of sp³-hybridized carbons (Fsp3) is 0.316. The average Bonchev–Trinajstić information content (AvgIpc) is 2.80. The van der Waals surface area contributed by atoms with Gasteiger partial charge in [0.25, 0.3) is 11.8 Å². The van der Waals surface area contributed by atoms with Crippen LogP contribution < -0.4 is 21.4 Å². The molecule has 2 heterocycles. The van der Waals surface area contributed by atoms with Gasteiger partial charge in [-0.15, -0.1) is 4.91 Å². The van der Waals surface area contributed by atoms with Gasteiger partial charge >= 0.3 is 11.9 Å². The number of rotatable bonds is 10. The lowest BCUT2D eigenvalue weighted by atomic mass is 10.1. The van der Waals surface area contributed by atoms with E-state index in [0.717, 1.165) is 5.01 Å². The van der Waals surface area contributed by atoms with E-state index in [0.29, 0.717) is 5.69 Å². The summed E-state index contributed by atoms with van der Waals surface area (Å²) in [5, 5.41) is 26.4. The van der Waals surface area contributed by atoms with E-state index in [9.17, 15) is 24.1 Å². The molecule has 0 aromatic heterocycles. The number of nitrogens with one attached hydrogen (secondary N) is 2. The monoisotopic (exact) mass is 472 g/mol. The number of carbonyl (C=O) groups excluding carboxylic acids is 2. The maximum Gasteiger partial charge on any atom is 0.326 e. The second kappa shape index (κ2) is 10.3. The van der Waals surface area contributed by atoms with E-state index in [1.807, 2.05) is 0 Å². The zero-order valence-corrected chi connectivity index (χ0v) is 17.5. The molecule has 0 saturated carbocycles. The van der Waals surface area contributed by atoms with Crippen molar-refractivity contribution in [3.8, 4) is 0 Å². The van der Waals surface area contributed by atoms with Crippen molar-refractivity contribution in [1.29, 1.82) is 0 Å². The second-order valence-electron chi connectivity index (χ2n) is 7.24. The van der Waals surface area contributed by atoms with E-state index in [1.54, 1.807) is 0 Å². The van der Waals surface area contributed by atoms with Crippen LogP contribution in [0.5, 0.6) is 0 Å². The van der Waals surface area contributed by atoms with Crippen LogP contribution in [0.2, 0.25) is 0 Å². The molecule has 0 spiro atoms. The molecule has 0 aliphatic carbocycles. The lowest BCUT2D eigenvalue weighted by Gasteiger charge is -2.26. The van der Waals surface area contributed by atoms with Crippen LogP contribution in [0.15, 0.2) is 44.5 Å². The van der Waals surface area contributed by atoms with Gasteiger partial charge in [-0.25, -0.2) is 14.8 Å². The quantitative estimate of drug-likeness (QED) is 0.205. The highest BCUT2D eigenvalue weighted by Crippen LogP contribution is 2.18. The smallest absolute Gasteiger partial charge is 0.326 e. The molecule has 6 N–H and O–H groups in total. The fourth-order valence-corrected chi connectivity index (χ4v) is 3.15. The van der Waals surface area contributed by atoms with Crippen LogP contribution >= 0.6 is 0 Å². The minimum atomic E-state index is -1.37. The Morgan fingerprint density at radius 2 is 1.91 bits per heavy atom. The first kappa shape index (κ1) is 24.0. The third kappa shape index (κ3) is 5.76. The number of fused-ring (bicyclic) bond motifs is 1. The van der Waals surface area contributed by atoms with E-state index in [1.165, 1.54) is 30.5 Å². The SMILES string of the molecule is NC1=NC2N=CC(CN(N=O)c3ccc(C(=O)N[C@@H](CCC(=O)O)C(=O)O)cc3)=NC2C(=O)N1. The Hall–Kier alpha value is -4.69. The summed E-state index contributed by atoms with van der Waals surface area (Å²) in [5.74, 6) is -3.81. The summed E-state index contributed by atoms with van der Waals surface area (Å²) in [7, 11) is 0. The lowest BCUT2D eigenvalue weighted by molar-refractivity contribution is -0.140. The Labute approximate surface area is 191 Å². The molecular weight excluding hydrogens is 452 g/mol. The first-order valence-electron chi connectivity index (χ1n) is 9.88. The van der Waals surface area contributed by atoms with Gasteiger partial charge in [-0.3, -0.25) is 29.7 Å². The summed E-state index contributed by atoms with van der Waals surface area (Å²) in [4.78, 5) is 70.1. The molecule has 15 nitrogen and oxygen atoms in total. The van der Waals surface area contributed by atoms with Gasteiger partial charge in [0, 0.05) is 18.2 Å². The highest BCUT2D eigenvalue weighted by Gasteiger charge is 2.34. The number of carbonyl (C=O) groups is 4. The van der Waals surface area contributed by atoms with Crippen molar-refractivity contribution in [3.05, 3.63) is 34.7 Å². The highest BCUT2D eigenvalue weighted by molar-refractivity contribution is 6.33. The number of benzene rings is 1. The molecule has 15 heteroatoms. The van der Waals surface area contributed by atoms with E-state index in [2.05, 4.69) is 30.9 Å². The van der Waals surface area contributed by atoms with Crippen LogP contribution in [-0.2, 0) is 14.4 Å². The first-order chi connectivity index (χ1) is 16.2. The molecule has 0 saturated heterocycles. The van der Waals surface area contributed by atoms with Crippen molar-refractivity contribution in [3.63, 3.8) is 0 Å². The van der Waals surface area contributed by atoms with E-state index >= 15 is 0 Å². The van der Waals surface area contributed by atoms with Gasteiger partial charge in [-0.05, 0) is 30.7 Å². The molecule has 3 rings (SSSR count). The Morgan fingerprint density at radius 3 is 2.53 bits per heavy atom. The molecule has 34 heavy (non-hydrogen) atoms. The van der Waals surface area contributed by atoms with Crippen molar-refractivity contribution in [2.75, 3.05) is 11.6 Å². The molecule has 2 unspecified atom stereocenters. The summed E-state index contributed by atoms with van der Waals surface area (Å²) in [6.07, 6.45) is -0.122. The van der Waals surface area contributed by atoms with Gasteiger partial charge in [-0.2, -0.15) is 0 Å². The van der Waals surface area contributed by atoms with Crippen molar-refractivity contribution in [1.82, 2.24) is 10.6 Å². The largest absolute Gasteiger partial charge is 0.481 e. The van der Waals surface area contributed by atoms with Crippen molar-refractivity contribution in [2.45, 2.75) is 31.1 Å². The Morgan fingerprint density at radius 1 is 1.21 bits per heavy atom. The Bertz CT molecular complexity index is 1100. The fourth-order valence-electron chi connectivity index (χ4n) is 3.15. The van der Waals surface area contributed by atoms with Gasteiger partial charge in [0.15, 0.2) is 18.2 Å². The third-order valence-corrected chi connectivity index (χ3v) is 4.84. The van der Waals surface area contributed by atoms with Gasteiger partial charge in [0.1, 0.15) is 6.04 Å². The Balaban J connectivity index is 1.66. The molecule has 3 atom stereocenters. The number of hydrogen-bond acceptors (Lipinski definition) is 10. The van der Waals surface area contributed by atoms with Crippen molar-refractivity contribution < 1.29 is 29.4 Å². The maximum absolute atomic E-state index is 12.3. The van der Waals surface area contributed by atoms with Crippen LogP contribution in [0.4, 0.5) is 5.69 Å². The summed E-state index contributed by atoms with van der Waals surface area (Å²) in [5.41, 5.74) is 6.17. The highest BCUT2D eigenvalue weighted by atomic mass is 16.4. The average molecular weight is 472 g/mol. The minimum absolute atomic E-state index is 0.0566. The van der Waals surface area contributed by atoms with Gasteiger partial charge < -0.3 is 21.3 Å². The van der Waals surface area contributed by atoms with Crippen molar-refractivity contribution >= 4 is 47.3 Å². The number of anilines is 1. The van der Waals surface area contributed by atoms with Crippen LogP contribution in [0.25, 0.3) is 0 Å². The van der Waals surface area contributed by atoms with Crippen LogP contribution in [-0.4, -0.2) is 76.6 Å². The number of nitrogens with zero attached hydrogens (tertiary/aromatic N) is 5. The number of aliphatic imine (C=N–C) groups is 3. The summed E-state index contributed by atoms with van der Waals surface area (Å²) >= 11 is 0. The second-order valence-corrected chi connectivity index (χ2v) is 7.24. The summed E-state index contributed by atoms with van der Waals surface area (Å²) < 4.78 is 0. The van der Waals surface area contributed by atoms with Crippen molar-refractivity contribution in [2.24, 2.45) is 26.0 Å². The van der Waals surface area contributed by atoms with Gasteiger partial charge in [-0.1, -0.05) is 0 Å². The van der Waals surface area contributed by atoms with Gasteiger partial charge in [0.05, 0.1) is 23.2 Å². The molecule has 1 aromatic rings. The van der Waals surface area contributed by atoms with Crippen LogP contribution in [0, 0.1) is 4.91 Å². The molecule has 2 amide bonds. The number of nitroso groups, excluding NO2 is 1. The maximum atomic E-state index is 12.3. The van der Waals surface area contributed by atoms with E-state index in [4.69, 9.17) is 15.9 Å². The molecule has 178 valence electrons. The van der Waals surface area contributed by atoms with Gasteiger partial charge in [0.2, 0.25) is 0 Å². The van der Waals surface area contributed by atoms with Crippen LogP contribution in [0.3, 0.4) is 0 Å². The zero-order valence-electron chi connectivity index (χ0n) is 17.5. The standard InChI is InChI=1S/C19H20N8O7/c20-19-24-15-14(17(31)25-19)22-10(7-21-15)8-27(26-34)11-3-1-9(2-4-11)16(30)23-12(18(32)33)5-6-13(28)29/h1-4,7,12,14-15H,5-6,8H2,(H,23,30)(H,28,29)(H,32,33)(H3,20,24,25,31)/t12-,14?,15?/m0/s1. The third-order valence-electron chi connectivity index (χ3n) is 4.84. The Kier molecular flexibility index (Phi) is 7.25. The summed E-state index contributed by atoms with van der Waals surface area (Å²) in [6.45, 7) is -0.121. The normalized spacial score (nSPS) is 19.6. The number of guanidine groups is 1. The topological polar surface area (TPSA) is 229 Å². The predicted molar refractivity (Wildman–Crippen MR) is 119 cm³/mol. The first-order valence-corrected chi connectivity index (χ1v) is 9.88. The predicted octanol–water partition coefficient (Wildman–Crippen LogP) is -1.11. The molecule has 2 aliphatic heterocycles. The number of nitrogens with two attached hydrogens (primary N) is 1. The summed E-state index contributed by atoms with van der Waals surface area (Å²) in [6, 6.07) is 3.21. The van der Waals surface area contributed by atoms with Crippen LogP contribution in [0.1, 0.15) is 23.2 Å². The molecule has 0 bridgehead atoms. The molecule has 0 fully saturated rings. The number of carboxylic acids is 2. The number of hydrogen-bond donors (Lipinski definition) is 5. The van der Waals surface area contributed by atoms with E-state index < -0.39 is 48.4 Å².